The molecule has 1 aliphatic carbocycles. The van der Waals surface area contributed by atoms with Crippen LogP contribution in [0.5, 0.6) is 0 Å². The van der Waals surface area contributed by atoms with Gasteiger partial charge < -0.3 is 5.73 Å². The molecular weight excluding hydrogens is 210 g/mol. The highest BCUT2D eigenvalue weighted by molar-refractivity contribution is 6.00. The largest absolute Gasteiger partial charge is 0.329 e. The summed E-state index contributed by atoms with van der Waals surface area (Å²) in [6, 6.07) is 0. The first-order valence-corrected chi connectivity index (χ1v) is 7.14. The Hall–Kier alpha value is -0.630. The highest BCUT2D eigenvalue weighted by atomic mass is 16.1. The summed E-state index contributed by atoms with van der Waals surface area (Å²) in [6.07, 6.45) is 10.9. The molecule has 1 aliphatic rings. The van der Waals surface area contributed by atoms with Crippen LogP contribution in [0.3, 0.4) is 0 Å². The Morgan fingerprint density at radius 3 is 2.47 bits per heavy atom. The monoisotopic (exact) mass is 237 g/mol. The number of hydrogen-bond acceptors (Lipinski definition) is 2. The van der Waals surface area contributed by atoms with E-state index in [1.807, 2.05) is 0 Å². The number of hydrogen-bond donors (Lipinski definition) is 1. The molecule has 0 bridgehead atoms. The molecule has 98 valence electrons. The summed E-state index contributed by atoms with van der Waals surface area (Å²) in [4.78, 5) is 12.6. The molecule has 0 aliphatic heterocycles. The lowest BCUT2D eigenvalue weighted by Gasteiger charge is -2.30. The minimum atomic E-state index is -0.301. The van der Waals surface area contributed by atoms with Gasteiger partial charge in [-0.2, -0.15) is 0 Å². The van der Waals surface area contributed by atoms with Gasteiger partial charge in [0.25, 0.3) is 0 Å². The van der Waals surface area contributed by atoms with Crippen molar-refractivity contribution in [2.75, 3.05) is 6.54 Å². The molecule has 0 amide bonds. The molecule has 0 heterocycles. The molecule has 0 unspecified atom stereocenters. The molecule has 0 aromatic rings. The second-order valence-electron chi connectivity index (χ2n) is 5.20. The lowest BCUT2D eigenvalue weighted by atomic mass is 9.74. The van der Waals surface area contributed by atoms with Crippen molar-refractivity contribution in [1.29, 1.82) is 0 Å². The van der Waals surface area contributed by atoms with Crippen molar-refractivity contribution in [3.63, 3.8) is 0 Å². The quantitative estimate of drug-likeness (QED) is 0.794. The first-order valence-electron chi connectivity index (χ1n) is 7.14. The summed E-state index contributed by atoms with van der Waals surface area (Å²) in [5.74, 6) is 0.326. The number of ketones is 1. The summed E-state index contributed by atoms with van der Waals surface area (Å²) in [5, 5.41) is 0. The molecule has 17 heavy (non-hydrogen) atoms. The van der Waals surface area contributed by atoms with Gasteiger partial charge in [0.05, 0.1) is 0 Å². The molecule has 0 saturated carbocycles. The maximum atomic E-state index is 12.6. The summed E-state index contributed by atoms with van der Waals surface area (Å²) in [5.41, 5.74) is 6.61. The fourth-order valence-electron chi connectivity index (χ4n) is 2.69. The van der Waals surface area contributed by atoms with Crippen molar-refractivity contribution >= 4 is 5.78 Å². The Morgan fingerprint density at radius 2 is 1.88 bits per heavy atom. The molecule has 2 heteroatoms. The average molecular weight is 237 g/mol. The van der Waals surface area contributed by atoms with Crippen LogP contribution in [0.15, 0.2) is 11.6 Å². The summed E-state index contributed by atoms with van der Waals surface area (Å²) in [6.45, 7) is 4.64. The molecule has 1 rings (SSSR count). The van der Waals surface area contributed by atoms with E-state index in [0.29, 0.717) is 12.3 Å². The average Bonchev–Trinajstić information content (AvgIpc) is 2.31. The molecule has 0 aromatic heterocycles. The number of carbonyl (C=O) groups is 1. The zero-order chi connectivity index (χ0) is 12.7. The predicted molar refractivity (Wildman–Crippen MR) is 72.9 cm³/mol. The Bertz CT molecular complexity index is 268. The molecule has 0 spiro atoms. The van der Waals surface area contributed by atoms with E-state index in [0.717, 1.165) is 37.7 Å². The normalized spacial score (nSPS) is 18.2. The Labute approximate surface area is 106 Å². The minimum Gasteiger partial charge on any atom is -0.329 e. The van der Waals surface area contributed by atoms with Gasteiger partial charge in [-0.05, 0) is 44.1 Å². The van der Waals surface area contributed by atoms with E-state index in [4.69, 9.17) is 5.73 Å². The fraction of sp³-hybridized carbons (Fsp3) is 0.800. The van der Waals surface area contributed by atoms with Crippen LogP contribution >= 0.6 is 0 Å². The number of carbonyl (C=O) groups excluding carboxylic acids is 1. The van der Waals surface area contributed by atoms with Gasteiger partial charge in [-0.15, -0.1) is 0 Å². The van der Waals surface area contributed by atoms with Crippen LogP contribution < -0.4 is 5.73 Å². The van der Waals surface area contributed by atoms with Gasteiger partial charge in [0.2, 0.25) is 0 Å². The van der Waals surface area contributed by atoms with E-state index in [1.165, 1.54) is 19.3 Å². The SMILES string of the molecule is CCC(CC)(CN)C(=O)C1=CCCCCCC1. The van der Waals surface area contributed by atoms with Gasteiger partial charge in [0.1, 0.15) is 0 Å². The van der Waals surface area contributed by atoms with Crippen LogP contribution in [-0.2, 0) is 4.79 Å². The molecule has 0 fully saturated rings. The molecule has 0 saturated heterocycles. The molecular formula is C15H27NO. The molecule has 0 atom stereocenters. The van der Waals surface area contributed by atoms with Gasteiger partial charge in [0, 0.05) is 12.0 Å². The van der Waals surface area contributed by atoms with Crippen LogP contribution in [0.25, 0.3) is 0 Å². The minimum absolute atomic E-state index is 0.301. The Kier molecular flexibility index (Phi) is 5.90. The fourth-order valence-corrected chi connectivity index (χ4v) is 2.69. The first kappa shape index (κ1) is 14.4. The van der Waals surface area contributed by atoms with Gasteiger partial charge in [0.15, 0.2) is 5.78 Å². The van der Waals surface area contributed by atoms with E-state index in [2.05, 4.69) is 19.9 Å². The highest BCUT2D eigenvalue weighted by Gasteiger charge is 2.34. The van der Waals surface area contributed by atoms with Crippen molar-refractivity contribution in [1.82, 2.24) is 0 Å². The number of allylic oxidation sites excluding steroid dienone is 2. The first-order chi connectivity index (χ1) is 8.20. The third kappa shape index (κ3) is 3.41. The van der Waals surface area contributed by atoms with E-state index in [-0.39, 0.29) is 5.41 Å². The second kappa shape index (κ2) is 6.95. The lowest BCUT2D eigenvalue weighted by Crippen LogP contribution is -2.38. The van der Waals surface area contributed by atoms with Crippen LogP contribution in [0, 0.1) is 5.41 Å². The number of rotatable bonds is 5. The van der Waals surface area contributed by atoms with Crippen LogP contribution in [0.1, 0.15) is 65.2 Å². The summed E-state index contributed by atoms with van der Waals surface area (Å²) in [7, 11) is 0. The van der Waals surface area contributed by atoms with Crippen LogP contribution in [0.4, 0.5) is 0 Å². The van der Waals surface area contributed by atoms with Gasteiger partial charge >= 0.3 is 0 Å². The maximum absolute atomic E-state index is 12.6. The van der Waals surface area contributed by atoms with Gasteiger partial charge in [-0.25, -0.2) is 0 Å². The summed E-state index contributed by atoms with van der Waals surface area (Å²) < 4.78 is 0. The molecule has 2 N–H and O–H groups in total. The summed E-state index contributed by atoms with van der Waals surface area (Å²) >= 11 is 0. The van der Waals surface area contributed by atoms with E-state index < -0.39 is 0 Å². The van der Waals surface area contributed by atoms with Crippen LogP contribution in [-0.4, -0.2) is 12.3 Å². The van der Waals surface area contributed by atoms with Gasteiger partial charge in [-0.1, -0.05) is 32.8 Å². The van der Waals surface area contributed by atoms with Crippen molar-refractivity contribution in [3.05, 3.63) is 11.6 Å². The Morgan fingerprint density at radius 1 is 1.24 bits per heavy atom. The third-order valence-corrected chi connectivity index (χ3v) is 4.31. The topological polar surface area (TPSA) is 43.1 Å². The van der Waals surface area contributed by atoms with E-state index in [9.17, 15) is 4.79 Å². The zero-order valence-corrected chi connectivity index (χ0v) is 11.4. The second-order valence-corrected chi connectivity index (χ2v) is 5.20. The number of Topliss-reactive ketones (excluding diaryl/α,β-unsaturated/α-hetero) is 1. The molecule has 2 nitrogen and oxygen atoms in total. The van der Waals surface area contributed by atoms with Crippen LogP contribution in [0.2, 0.25) is 0 Å². The molecule has 0 radical (unpaired) electrons. The van der Waals surface area contributed by atoms with E-state index in [1.54, 1.807) is 0 Å². The maximum Gasteiger partial charge on any atom is 0.165 e. The molecule has 0 aromatic carbocycles. The Balaban J connectivity index is 2.84. The predicted octanol–water partition coefficient (Wildman–Crippen LogP) is 3.60. The third-order valence-electron chi connectivity index (χ3n) is 4.31. The highest BCUT2D eigenvalue weighted by Crippen LogP contribution is 2.32. The van der Waals surface area contributed by atoms with Gasteiger partial charge in [-0.3, -0.25) is 4.79 Å². The van der Waals surface area contributed by atoms with E-state index >= 15 is 0 Å². The zero-order valence-electron chi connectivity index (χ0n) is 11.4. The van der Waals surface area contributed by atoms with Crippen molar-refractivity contribution in [3.8, 4) is 0 Å². The number of nitrogens with two attached hydrogens (primary N) is 1. The van der Waals surface area contributed by atoms with Crippen molar-refractivity contribution < 1.29 is 4.79 Å². The van der Waals surface area contributed by atoms with Crippen molar-refractivity contribution in [2.24, 2.45) is 11.1 Å². The lowest BCUT2D eigenvalue weighted by molar-refractivity contribution is -0.125. The standard InChI is InChI=1S/C15H27NO/c1-3-15(4-2,12-16)14(17)13-10-8-6-5-7-9-11-13/h10H,3-9,11-12,16H2,1-2H3. The smallest absolute Gasteiger partial charge is 0.165 e. The van der Waals surface area contributed by atoms with Crippen molar-refractivity contribution in [2.45, 2.75) is 65.2 Å².